The highest BCUT2D eigenvalue weighted by atomic mass is 16.4. The van der Waals surface area contributed by atoms with Gasteiger partial charge < -0.3 is 15.7 Å². The number of carboxylic acid groups (broad SMARTS) is 1. The van der Waals surface area contributed by atoms with E-state index in [-0.39, 0.29) is 18.5 Å². The van der Waals surface area contributed by atoms with Gasteiger partial charge in [-0.05, 0) is 37.0 Å². The van der Waals surface area contributed by atoms with Gasteiger partial charge in [-0.25, -0.2) is 9.59 Å². The summed E-state index contributed by atoms with van der Waals surface area (Å²) in [6.45, 7) is 0.231. The van der Waals surface area contributed by atoms with E-state index in [4.69, 9.17) is 0 Å². The van der Waals surface area contributed by atoms with Crippen molar-refractivity contribution in [1.29, 1.82) is 0 Å². The van der Waals surface area contributed by atoms with Crippen LogP contribution in [-0.2, 0) is 4.79 Å². The van der Waals surface area contributed by atoms with E-state index in [0.717, 1.165) is 19.3 Å². The fourth-order valence-corrected chi connectivity index (χ4v) is 3.87. The van der Waals surface area contributed by atoms with Gasteiger partial charge in [0.1, 0.15) is 0 Å². The Balaban J connectivity index is 1.89. The number of hydrogen-bond donors (Lipinski definition) is 3. The number of urea groups is 1. The summed E-state index contributed by atoms with van der Waals surface area (Å²) >= 11 is 0. The molecular weight excluding hydrogens is 208 g/mol. The molecule has 1 aliphatic heterocycles. The molecule has 0 aromatic heterocycles. The van der Waals surface area contributed by atoms with Crippen LogP contribution >= 0.6 is 0 Å². The quantitative estimate of drug-likeness (QED) is 0.641. The van der Waals surface area contributed by atoms with Crippen molar-refractivity contribution in [3.05, 3.63) is 0 Å². The van der Waals surface area contributed by atoms with E-state index in [9.17, 15) is 14.7 Å². The zero-order chi connectivity index (χ0) is 11.3. The van der Waals surface area contributed by atoms with Crippen molar-refractivity contribution < 1.29 is 14.7 Å². The standard InChI is InChI=1S/C11H16N2O3/c14-9(15)11(5-12-10(16)13-11)8-4-6-1-2-7(8)3-6/h6-8H,1-5H2,(H,14,15)(H2,12,13,16). The van der Waals surface area contributed by atoms with Gasteiger partial charge >= 0.3 is 12.0 Å². The molecule has 2 aliphatic carbocycles. The fourth-order valence-electron chi connectivity index (χ4n) is 3.87. The van der Waals surface area contributed by atoms with Gasteiger partial charge in [0.15, 0.2) is 5.54 Å². The Morgan fingerprint density at radius 2 is 2.19 bits per heavy atom. The van der Waals surface area contributed by atoms with E-state index in [1.54, 1.807) is 0 Å². The van der Waals surface area contributed by atoms with Crippen LogP contribution in [-0.4, -0.2) is 29.2 Å². The van der Waals surface area contributed by atoms with E-state index < -0.39 is 11.5 Å². The van der Waals surface area contributed by atoms with E-state index in [0.29, 0.717) is 11.8 Å². The summed E-state index contributed by atoms with van der Waals surface area (Å²) in [5, 5.41) is 14.7. The lowest BCUT2D eigenvalue weighted by Gasteiger charge is -2.35. The highest BCUT2D eigenvalue weighted by Gasteiger charge is 2.57. The van der Waals surface area contributed by atoms with Crippen LogP contribution in [0.5, 0.6) is 0 Å². The number of nitrogens with one attached hydrogen (secondary N) is 2. The second-order valence-corrected chi connectivity index (χ2v) is 5.37. The molecule has 4 atom stereocenters. The lowest BCUT2D eigenvalue weighted by molar-refractivity contribution is -0.146. The predicted molar refractivity (Wildman–Crippen MR) is 55.8 cm³/mol. The van der Waals surface area contributed by atoms with Crippen molar-refractivity contribution >= 4 is 12.0 Å². The Hall–Kier alpha value is -1.26. The first-order valence-electron chi connectivity index (χ1n) is 5.91. The molecule has 3 rings (SSSR count). The molecule has 1 saturated heterocycles. The Morgan fingerprint density at radius 1 is 1.38 bits per heavy atom. The van der Waals surface area contributed by atoms with E-state index in [2.05, 4.69) is 10.6 Å². The summed E-state index contributed by atoms with van der Waals surface area (Å²) in [7, 11) is 0. The van der Waals surface area contributed by atoms with Crippen LogP contribution in [0.25, 0.3) is 0 Å². The van der Waals surface area contributed by atoms with Crippen LogP contribution < -0.4 is 10.6 Å². The third-order valence-electron chi connectivity index (χ3n) is 4.62. The van der Waals surface area contributed by atoms with Gasteiger partial charge in [-0.3, -0.25) is 0 Å². The molecular formula is C11H16N2O3. The Bertz CT molecular complexity index is 357. The van der Waals surface area contributed by atoms with Crippen molar-refractivity contribution in [2.75, 3.05) is 6.54 Å². The molecule has 0 spiro atoms. The monoisotopic (exact) mass is 224 g/mol. The van der Waals surface area contributed by atoms with E-state index in [1.807, 2.05) is 0 Å². The zero-order valence-electron chi connectivity index (χ0n) is 9.03. The molecule has 2 saturated carbocycles. The molecule has 0 aromatic carbocycles. The van der Waals surface area contributed by atoms with Gasteiger partial charge in [0.25, 0.3) is 0 Å². The number of rotatable bonds is 2. The number of hydrogen-bond acceptors (Lipinski definition) is 2. The van der Waals surface area contributed by atoms with Crippen LogP contribution in [0.4, 0.5) is 4.79 Å². The SMILES string of the molecule is O=C1NCC(C(=O)O)(C2CC3CCC2C3)N1. The number of aliphatic carboxylic acids is 1. The van der Waals surface area contributed by atoms with Crippen molar-refractivity contribution in [2.45, 2.75) is 31.2 Å². The molecule has 3 N–H and O–H groups in total. The third-order valence-corrected chi connectivity index (χ3v) is 4.62. The maximum absolute atomic E-state index is 11.5. The van der Waals surface area contributed by atoms with E-state index >= 15 is 0 Å². The second-order valence-electron chi connectivity index (χ2n) is 5.37. The summed E-state index contributed by atoms with van der Waals surface area (Å²) in [4.78, 5) is 22.7. The summed E-state index contributed by atoms with van der Waals surface area (Å²) in [5.41, 5.74) is -1.04. The van der Waals surface area contributed by atoms with Crippen LogP contribution in [0, 0.1) is 17.8 Å². The van der Waals surface area contributed by atoms with Crippen LogP contribution in [0.3, 0.4) is 0 Å². The van der Waals surface area contributed by atoms with Crippen LogP contribution in [0.15, 0.2) is 0 Å². The Kier molecular flexibility index (Phi) is 1.94. The number of carbonyl (C=O) groups excluding carboxylic acids is 1. The lowest BCUT2D eigenvalue weighted by Crippen LogP contribution is -2.58. The van der Waals surface area contributed by atoms with Gasteiger partial charge in [0, 0.05) is 0 Å². The topological polar surface area (TPSA) is 78.4 Å². The minimum absolute atomic E-state index is 0.114. The van der Waals surface area contributed by atoms with Gasteiger partial charge in [-0.2, -0.15) is 0 Å². The molecule has 16 heavy (non-hydrogen) atoms. The van der Waals surface area contributed by atoms with Crippen molar-refractivity contribution in [3.8, 4) is 0 Å². The third kappa shape index (κ3) is 1.17. The van der Waals surface area contributed by atoms with Gasteiger partial charge in [-0.15, -0.1) is 0 Å². The first kappa shape index (κ1) is 9.93. The first-order chi connectivity index (χ1) is 7.62. The maximum Gasteiger partial charge on any atom is 0.331 e. The fraction of sp³-hybridized carbons (Fsp3) is 0.818. The van der Waals surface area contributed by atoms with Crippen molar-refractivity contribution in [2.24, 2.45) is 17.8 Å². The average Bonchev–Trinajstić information content (AvgIpc) is 2.90. The van der Waals surface area contributed by atoms with Crippen molar-refractivity contribution in [1.82, 2.24) is 10.6 Å². The van der Waals surface area contributed by atoms with Crippen molar-refractivity contribution in [3.63, 3.8) is 0 Å². The molecule has 2 amide bonds. The average molecular weight is 224 g/mol. The summed E-state index contributed by atoms with van der Waals surface area (Å²) in [5.74, 6) is 0.399. The summed E-state index contributed by atoms with van der Waals surface area (Å²) < 4.78 is 0. The molecule has 5 nitrogen and oxygen atoms in total. The second kappa shape index (κ2) is 3.12. The number of amides is 2. The molecule has 4 unspecified atom stereocenters. The number of carboxylic acids is 1. The van der Waals surface area contributed by atoms with Crippen LogP contribution in [0.2, 0.25) is 0 Å². The van der Waals surface area contributed by atoms with Crippen LogP contribution in [0.1, 0.15) is 25.7 Å². The normalized spacial score (nSPS) is 45.5. The summed E-state index contributed by atoms with van der Waals surface area (Å²) in [6.07, 6.45) is 4.47. The molecule has 5 heteroatoms. The number of carbonyl (C=O) groups is 2. The molecule has 88 valence electrons. The number of fused-ring (bicyclic) bond motifs is 2. The molecule has 0 radical (unpaired) electrons. The largest absolute Gasteiger partial charge is 0.479 e. The predicted octanol–water partition coefficient (Wildman–Crippen LogP) is 0.559. The molecule has 2 bridgehead atoms. The highest BCUT2D eigenvalue weighted by Crippen LogP contribution is 2.52. The zero-order valence-corrected chi connectivity index (χ0v) is 9.03. The smallest absolute Gasteiger partial charge is 0.331 e. The molecule has 3 aliphatic rings. The van der Waals surface area contributed by atoms with Gasteiger partial charge in [-0.1, -0.05) is 6.42 Å². The maximum atomic E-state index is 11.5. The Morgan fingerprint density at radius 3 is 2.62 bits per heavy atom. The molecule has 1 heterocycles. The highest BCUT2D eigenvalue weighted by molar-refractivity contribution is 5.90. The van der Waals surface area contributed by atoms with E-state index in [1.165, 1.54) is 6.42 Å². The summed E-state index contributed by atoms with van der Waals surface area (Å²) in [6, 6.07) is -0.342. The van der Waals surface area contributed by atoms with Gasteiger partial charge in [0.05, 0.1) is 6.54 Å². The minimum atomic E-state index is -1.04. The lowest BCUT2D eigenvalue weighted by atomic mass is 9.74. The molecule has 3 fully saturated rings. The molecule has 0 aromatic rings. The Labute approximate surface area is 93.6 Å². The first-order valence-corrected chi connectivity index (χ1v) is 5.91. The van der Waals surface area contributed by atoms with Gasteiger partial charge in [0.2, 0.25) is 0 Å². The minimum Gasteiger partial charge on any atom is -0.479 e.